The molecule has 0 radical (unpaired) electrons. The number of likely N-dealkylation sites (N-methyl/N-ethyl adjacent to an activating group) is 1. The molecule has 8 heteroatoms. The molecule has 0 saturated carbocycles. The fourth-order valence-electron chi connectivity index (χ4n) is 2.84. The van der Waals surface area contributed by atoms with Crippen molar-refractivity contribution in [2.24, 2.45) is 0 Å². The summed E-state index contributed by atoms with van der Waals surface area (Å²) in [4.78, 5) is 24.8. The molecule has 2 amide bonds. The number of hydrogen-bond donors (Lipinski definition) is 1. The van der Waals surface area contributed by atoms with E-state index < -0.39 is 0 Å². The van der Waals surface area contributed by atoms with Crippen LogP contribution in [0.4, 0.5) is 10.5 Å². The number of nitrogens with one attached hydrogen (secondary N) is 1. The molecular weight excluding hydrogens is 320 g/mol. The van der Waals surface area contributed by atoms with Crippen LogP contribution in [-0.2, 0) is 6.54 Å². The molecular formula is C17H24N6O2. The Morgan fingerprint density at radius 2 is 2.36 bits per heavy atom. The van der Waals surface area contributed by atoms with Gasteiger partial charge in [0, 0.05) is 31.2 Å². The largest absolute Gasteiger partial charge is 0.339 e. The van der Waals surface area contributed by atoms with E-state index in [0.717, 1.165) is 13.0 Å². The summed E-state index contributed by atoms with van der Waals surface area (Å²) in [6.45, 7) is 6.06. The van der Waals surface area contributed by atoms with Crippen LogP contribution >= 0.6 is 0 Å². The molecule has 1 atom stereocenters. The van der Waals surface area contributed by atoms with Crippen molar-refractivity contribution in [2.45, 2.75) is 38.8 Å². The van der Waals surface area contributed by atoms with Crippen LogP contribution in [-0.4, -0.2) is 57.1 Å². The molecule has 0 aromatic carbocycles. The second-order valence-electron chi connectivity index (χ2n) is 6.68. The lowest BCUT2D eigenvalue weighted by molar-refractivity contribution is 0.205. The van der Waals surface area contributed by atoms with E-state index >= 15 is 0 Å². The van der Waals surface area contributed by atoms with Crippen molar-refractivity contribution in [3.8, 4) is 0 Å². The summed E-state index contributed by atoms with van der Waals surface area (Å²) in [6, 6.07) is 3.81. The van der Waals surface area contributed by atoms with Gasteiger partial charge in [-0.05, 0) is 25.6 Å². The number of likely N-dealkylation sites (tertiary alicyclic amines) is 1. The highest BCUT2D eigenvalue weighted by Gasteiger charge is 2.29. The van der Waals surface area contributed by atoms with Gasteiger partial charge in [0.25, 0.3) is 0 Å². The number of hydrogen-bond acceptors (Lipinski definition) is 6. The highest BCUT2D eigenvalue weighted by atomic mass is 16.5. The van der Waals surface area contributed by atoms with Crippen molar-refractivity contribution < 1.29 is 9.32 Å². The fourth-order valence-corrected chi connectivity index (χ4v) is 2.84. The Hall–Kier alpha value is -2.48. The van der Waals surface area contributed by atoms with Gasteiger partial charge in [0.1, 0.15) is 0 Å². The predicted molar refractivity (Wildman–Crippen MR) is 93.1 cm³/mol. The minimum absolute atomic E-state index is 0.0921. The van der Waals surface area contributed by atoms with Gasteiger partial charge in [-0.15, -0.1) is 0 Å². The molecule has 1 saturated heterocycles. The van der Waals surface area contributed by atoms with E-state index in [-0.39, 0.29) is 18.0 Å². The zero-order valence-corrected chi connectivity index (χ0v) is 14.8. The van der Waals surface area contributed by atoms with E-state index in [1.165, 1.54) is 0 Å². The van der Waals surface area contributed by atoms with Crippen LogP contribution in [0.1, 0.15) is 37.9 Å². The van der Waals surface area contributed by atoms with Crippen LogP contribution in [0.15, 0.2) is 29.0 Å². The zero-order valence-electron chi connectivity index (χ0n) is 14.8. The summed E-state index contributed by atoms with van der Waals surface area (Å²) in [7, 11) is 2.03. The fraction of sp³-hybridized carbons (Fsp3) is 0.529. The predicted octanol–water partition coefficient (Wildman–Crippen LogP) is 2.33. The molecule has 2 aromatic heterocycles. The van der Waals surface area contributed by atoms with Gasteiger partial charge in [-0.2, -0.15) is 4.98 Å². The van der Waals surface area contributed by atoms with E-state index in [2.05, 4.69) is 25.3 Å². The van der Waals surface area contributed by atoms with Gasteiger partial charge in [0.15, 0.2) is 5.82 Å². The van der Waals surface area contributed by atoms with E-state index in [4.69, 9.17) is 4.52 Å². The van der Waals surface area contributed by atoms with Gasteiger partial charge in [-0.3, -0.25) is 9.88 Å². The standard InChI is InChI=1S/C17H24N6O2/c1-12(2)16-20-15(21-25-16)11-22(3)14-6-8-23(10-14)17(24)19-13-5-4-7-18-9-13/h4-5,7,9,12,14H,6,8,10-11H2,1-3H3,(H,19,24). The molecule has 134 valence electrons. The van der Waals surface area contributed by atoms with Gasteiger partial charge in [-0.1, -0.05) is 19.0 Å². The molecule has 1 unspecified atom stereocenters. The molecule has 0 aliphatic carbocycles. The summed E-state index contributed by atoms with van der Waals surface area (Å²) >= 11 is 0. The maximum absolute atomic E-state index is 12.3. The van der Waals surface area contributed by atoms with Crippen LogP contribution in [0, 0.1) is 0 Å². The number of nitrogens with zero attached hydrogens (tertiary/aromatic N) is 5. The average molecular weight is 344 g/mol. The maximum atomic E-state index is 12.3. The van der Waals surface area contributed by atoms with E-state index in [1.54, 1.807) is 18.5 Å². The second-order valence-corrected chi connectivity index (χ2v) is 6.68. The first-order chi connectivity index (χ1) is 12.0. The third-order valence-electron chi connectivity index (χ3n) is 4.36. The number of carbonyl (C=O) groups excluding carboxylic acids is 1. The number of pyridine rings is 1. The molecule has 1 aliphatic rings. The molecule has 0 spiro atoms. The Morgan fingerprint density at radius 3 is 3.04 bits per heavy atom. The van der Waals surface area contributed by atoms with Crippen molar-refractivity contribution in [3.63, 3.8) is 0 Å². The van der Waals surface area contributed by atoms with Crippen molar-refractivity contribution in [1.29, 1.82) is 0 Å². The number of carbonyl (C=O) groups is 1. The van der Waals surface area contributed by atoms with Crippen LogP contribution in [0.25, 0.3) is 0 Å². The second kappa shape index (κ2) is 7.60. The van der Waals surface area contributed by atoms with Crippen molar-refractivity contribution >= 4 is 11.7 Å². The van der Waals surface area contributed by atoms with E-state index in [9.17, 15) is 4.79 Å². The summed E-state index contributed by atoms with van der Waals surface area (Å²) in [6.07, 6.45) is 4.24. The Balaban J connectivity index is 1.52. The number of rotatable bonds is 5. The lowest BCUT2D eigenvalue weighted by atomic mass is 10.2. The average Bonchev–Trinajstić information content (AvgIpc) is 3.25. The SMILES string of the molecule is CC(C)c1nc(CN(C)C2CCN(C(=O)Nc3cccnc3)C2)no1. The zero-order chi connectivity index (χ0) is 17.8. The Morgan fingerprint density at radius 1 is 1.52 bits per heavy atom. The first-order valence-electron chi connectivity index (χ1n) is 8.51. The molecule has 3 rings (SSSR count). The minimum atomic E-state index is -0.0921. The molecule has 25 heavy (non-hydrogen) atoms. The Bertz CT molecular complexity index is 702. The van der Waals surface area contributed by atoms with E-state index in [0.29, 0.717) is 30.5 Å². The number of urea groups is 1. The number of amides is 2. The van der Waals surface area contributed by atoms with Gasteiger partial charge >= 0.3 is 6.03 Å². The lowest BCUT2D eigenvalue weighted by Gasteiger charge is -2.23. The summed E-state index contributed by atoms with van der Waals surface area (Å²) in [5.74, 6) is 1.57. The van der Waals surface area contributed by atoms with Crippen molar-refractivity contribution in [2.75, 3.05) is 25.5 Å². The third-order valence-corrected chi connectivity index (χ3v) is 4.36. The summed E-state index contributed by atoms with van der Waals surface area (Å²) < 4.78 is 5.25. The van der Waals surface area contributed by atoms with Crippen molar-refractivity contribution in [1.82, 2.24) is 24.9 Å². The Kier molecular flexibility index (Phi) is 5.28. The molecule has 1 fully saturated rings. The highest BCUT2D eigenvalue weighted by molar-refractivity contribution is 5.89. The first kappa shape index (κ1) is 17.3. The maximum Gasteiger partial charge on any atom is 0.321 e. The summed E-state index contributed by atoms with van der Waals surface area (Å²) in [5.41, 5.74) is 0.706. The third kappa shape index (κ3) is 4.33. The Labute approximate surface area is 147 Å². The molecule has 8 nitrogen and oxygen atoms in total. The normalized spacial score (nSPS) is 17.5. The molecule has 0 bridgehead atoms. The van der Waals surface area contributed by atoms with Gasteiger partial charge in [0.05, 0.1) is 18.4 Å². The summed E-state index contributed by atoms with van der Waals surface area (Å²) in [5, 5.41) is 6.91. The number of anilines is 1. The highest BCUT2D eigenvalue weighted by Crippen LogP contribution is 2.18. The quantitative estimate of drug-likeness (QED) is 0.896. The minimum Gasteiger partial charge on any atom is -0.339 e. The van der Waals surface area contributed by atoms with Crippen LogP contribution in [0.3, 0.4) is 0 Å². The van der Waals surface area contributed by atoms with Gasteiger partial charge in [0.2, 0.25) is 5.89 Å². The monoisotopic (exact) mass is 344 g/mol. The molecule has 1 N–H and O–H groups in total. The van der Waals surface area contributed by atoms with Crippen molar-refractivity contribution in [3.05, 3.63) is 36.2 Å². The molecule has 3 heterocycles. The molecule has 2 aromatic rings. The topological polar surface area (TPSA) is 87.4 Å². The van der Waals surface area contributed by atoms with E-state index in [1.807, 2.05) is 31.9 Å². The molecule has 1 aliphatic heterocycles. The van der Waals surface area contributed by atoms with Crippen LogP contribution < -0.4 is 5.32 Å². The first-order valence-corrected chi connectivity index (χ1v) is 8.51. The number of aromatic nitrogens is 3. The smallest absolute Gasteiger partial charge is 0.321 e. The van der Waals surface area contributed by atoms with Gasteiger partial charge < -0.3 is 14.7 Å². The van der Waals surface area contributed by atoms with Gasteiger partial charge in [-0.25, -0.2) is 4.79 Å². The van der Waals surface area contributed by atoms with Crippen LogP contribution in [0.2, 0.25) is 0 Å². The lowest BCUT2D eigenvalue weighted by Crippen LogP contribution is -2.38. The van der Waals surface area contributed by atoms with Crippen LogP contribution in [0.5, 0.6) is 0 Å².